The molecule has 0 radical (unpaired) electrons. The number of anilines is 1. The van der Waals surface area contributed by atoms with Gasteiger partial charge < -0.3 is 9.80 Å². The van der Waals surface area contributed by atoms with Crippen molar-refractivity contribution in [2.45, 2.75) is 11.3 Å². The lowest BCUT2D eigenvalue weighted by molar-refractivity contribution is -0.137. The van der Waals surface area contributed by atoms with E-state index in [1.807, 2.05) is 4.90 Å². The number of halogens is 4. The number of alkyl halides is 3. The van der Waals surface area contributed by atoms with Crippen molar-refractivity contribution in [1.29, 1.82) is 0 Å². The molecule has 1 amide bonds. The number of hydrogen-bond acceptors (Lipinski definition) is 6. The van der Waals surface area contributed by atoms with E-state index < -0.39 is 11.7 Å². The Balaban J connectivity index is 1.32. The summed E-state index contributed by atoms with van der Waals surface area (Å²) < 4.78 is 40.4. The van der Waals surface area contributed by atoms with Gasteiger partial charge >= 0.3 is 6.18 Å². The van der Waals surface area contributed by atoms with Gasteiger partial charge in [0.1, 0.15) is 0 Å². The Bertz CT molecular complexity index is 1080. The Morgan fingerprint density at radius 1 is 1.03 bits per heavy atom. The van der Waals surface area contributed by atoms with Crippen molar-refractivity contribution in [2.75, 3.05) is 36.8 Å². The van der Waals surface area contributed by atoms with Gasteiger partial charge in [0.05, 0.1) is 17.0 Å². The SMILES string of the molecule is O=C(CSc1nnnn1-c1ccc(Cl)cc1)N1CCN(c2cccc(C(F)(F)F)c2)CC1. The fourth-order valence-electron chi connectivity index (χ4n) is 3.32. The number of benzene rings is 2. The minimum Gasteiger partial charge on any atom is -0.368 e. The molecule has 0 spiro atoms. The molecule has 0 atom stereocenters. The third kappa shape index (κ3) is 5.16. The van der Waals surface area contributed by atoms with Crippen LogP contribution in [0.5, 0.6) is 0 Å². The number of thioether (sulfide) groups is 1. The summed E-state index contributed by atoms with van der Waals surface area (Å²) in [5.74, 6) is 0.0710. The summed E-state index contributed by atoms with van der Waals surface area (Å²) in [4.78, 5) is 16.2. The van der Waals surface area contributed by atoms with Gasteiger partial charge in [-0.05, 0) is 52.9 Å². The van der Waals surface area contributed by atoms with Crippen molar-refractivity contribution in [2.24, 2.45) is 0 Å². The number of tetrazole rings is 1. The van der Waals surface area contributed by atoms with Crippen LogP contribution in [-0.2, 0) is 11.0 Å². The molecule has 0 saturated carbocycles. The molecule has 2 heterocycles. The molecule has 1 saturated heterocycles. The summed E-state index contributed by atoms with van der Waals surface area (Å²) in [6.45, 7) is 1.77. The summed E-state index contributed by atoms with van der Waals surface area (Å²) in [5.41, 5.74) is 0.552. The lowest BCUT2D eigenvalue weighted by Crippen LogP contribution is -2.49. The maximum Gasteiger partial charge on any atom is 0.416 e. The number of nitrogens with zero attached hydrogens (tertiary/aromatic N) is 6. The standard InChI is InChI=1S/C20H18ClF3N6OS/c21-15-4-6-16(7-5-15)30-19(25-26-27-30)32-13-18(31)29-10-8-28(9-11-29)17-3-1-2-14(12-17)20(22,23)24/h1-7,12H,8-11,13H2. The maximum atomic E-state index is 13.0. The van der Waals surface area contributed by atoms with Gasteiger partial charge in [0.2, 0.25) is 11.1 Å². The van der Waals surface area contributed by atoms with E-state index in [0.29, 0.717) is 42.0 Å². The Labute approximate surface area is 191 Å². The Morgan fingerprint density at radius 3 is 2.44 bits per heavy atom. The van der Waals surface area contributed by atoms with E-state index in [-0.39, 0.29) is 11.7 Å². The minimum atomic E-state index is -4.38. The fraction of sp³-hybridized carbons (Fsp3) is 0.300. The van der Waals surface area contributed by atoms with Gasteiger partial charge in [0.25, 0.3) is 0 Å². The number of carbonyl (C=O) groups is 1. The largest absolute Gasteiger partial charge is 0.416 e. The Kier molecular flexibility index (Phi) is 6.56. The third-order valence-electron chi connectivity index (χ3n) is 5.01. The van der Waals surface area contributed by atoms with Crippen LogP contribution >= 0.6 is 23.4 Å². The fourth-order valence-corrected chi connectivity index (χ4v) is 4.24. The highest BCUT2D eigenvalue weighted by molar-refractivity contribution is 7.99. The third-order valence-corrected chi connectivity index (χ3v) is 6.16. The number of piperazine rings is 1. The first-order valence-corrected chi connectivity index (χ1v) is 11.0. The van der Waals surface area contributed by atoms with Gasteiger partial charge in [-0.15, -0.1) is 5.10 Å². The van der Waals surface area contributed by atoms with E-state index >= 15 is 0 Å². The number of hydrogen-bond donors (Lipinski definition) is 0. The molecule has 0 bridgehead atoms. The zero-order valence-corrected chi connectivity index (χ0v) is 18.2. The molecule has 2 aromatic carbocycles. The molecule has 1 aromatic heterocycles. The van der Waals surface area contributed by atoms with Crippen LogP contribution in [0.2, 0.25) is 5.02 Å². The smallest absolute Gasteiger partial charge is 0.368 e. The molecule has 0 unspecified atom stereocenters. The molecule has 4 rings (SSSR count). The topological polar surface area (TPSA) is 67.2 Å². The highest BCUT2D eigenvalue weighted by Crippen LogP contribution is 2.32. The van der Waals surface area contributed by atoms with Crippen LogP contribution in [0.15, 0.2) is 53.7 Å². The average Bonchev–Trinajstić information content (AvgIpc) is 3.26. The lowest BCUT2D eigenvalue weighted by atomic mass is 10.1. The minimum absolute atomic E-state index is 0.0793. The van der Waals surface area contributed by atoms with Crippen molar-refractivity contribution in [3.05, 3.63) is 59.1 Å². The molecular formula is C20H18ClF3N6OS. The molecule has 12 heteroatoms. The van der Waals surface area contributed by atoms with E-state index in [4.69, 9.17) is 11.6 Å². The van der Waals surface area contributed by atoms with Crippen LogP contribution in [0.4, 0.5) is 18.9 Å². The zero-order valence-electron chi connectivity index (χ0n) is 16.7. The summed E-state index contributed by atoms with van der Waals surface area (Å²) in [5, 5.41) is 12.7. The molecule has 168 valence electrons. The second-order valence-corrected chi connectivity index (χ2v) is 8.43. The highest BCUT2D eigenvalue weighted by atomic mass is 35.5. The molecule has 7 nitrogen and oxygen atoms in total. The number of aromatic nitrogens is 4. The van der Waals surface area contributed by atoms with Gasteiger partial charge in [-0.2, -0.15) is 17.9 Å². The molecular weight excluding hydrogens is 465 g/mol. The quantitative estimate of drug-likeness (QED) is 0.516. The number of carbonyl (C=O) groups excluding carboxylic acids is 1. The second-order valence-electron chi connectivity index (χ2n) is 7.05. The molecule has 0 N–H and O–H groups in total. The molecule has 32 heavy (non-hydrogen) atoms. The predicted octanol–water partition coefficient (Wildman–Crippen LogP) is 3.78. The van der Waals surface area contributed by atoms with Crippen molar-refractivity contribution < 1.29 is 18.0 Å². The molecule has 1 aliphatic heterocycles. The summed E-state index contributed by atoms with van der Waals surface area (Å²) >= 11 is 7.13. The molecule has 0 aliphatic carbocycles. The van der Waals surface area contributed by atoms with E-state index in [9.17, 15) is 18.0 Å². The van der Waals surface area contributed by atoms with Crippen molar-refractivity contribution in [1.82, 2.24) is 25.1 Å². The van der Waals surface area contributed by atoms with E-state index in [1.54, 1.807) is 35.2 Å². The zero-order chi connectivity index (χ0) is 22.7. The lowest BCUT2D eigenvalue weighted by Gasteiger charge is -2.36. The number of amides is 1. The normalized spacial score (nSPS) is 14.6. The number of rotatable bonds is 5. The monoisotopic (exact) mass is 482 g/mol. The highest BCUT2D eigenvalue weighted by Gasteiger charge is 2.31. The van der Waals surface area contributed by atoms with Crippen LogP contribution in [0.1, 0.15) is 5.56 Å². The van der Waals surface area contributed by atoms with E-state index in [1.165, 1.54) is 22.5 Å². The Morgan fingerprint density at radius 2 is 1.75 bits per heavy atom. The van der Waals surface area contributed by atoms with Crippen LogP contribution < -0.4 is 4.90 Å². The van der Waals surface area contributed by atoms with Gasteiger partial charge in [0, 0.05) is 36.9 Å². The second kappa shape index (κ2) is 9.37. The van der Waals surface area contributed by atoms with Crippen molar-refractivity contribution in [3.63, 3.8) is 0 Å². The first kappa shape index (κ1) is 22.4. The van der Waals surface area contributed by atoms with Crippen LogP contribution in [0.25, 0.3) is 5.69 Å². The summed E-state index contributed by atoms with van der Waals surface area (Å²) in [6, 6.07) is 12.2. The summed E-state index contributed by atoms with van der Waals surface area (Å²) in [7, 11) is 0. The van der Waals surface area contributed by atoms with E-state index in [0.717, 1.165) is 17.8 Å². The van der Waals surface area contributed by atoms with Crippen LogP contribution in [0, 0.1) is 0 Å². The molecule has 1 fully saturated rings. The molecule has 3 aromatic rings. The maximum absolute atomic E-state index is 13.0. The Hall–Kier alpha value is -2.79. The van der Waals surface area contributed by atoms with Gasteiger partial charge in [-0.1, -0.05) is 29.4 Å². The van der Waals surface area contributed by atoms with Crippen LogP contribution in [0.3, 0.4) is 0 Å². The summed E-state index contributed by atoms with van der Waals surface area (Å²) in [6.07, 6.45) is -4.38. The molecule has 1 aliphatic rings. The first-order valence-electron chi connectivity index (χ1n) is 9.68. The first-order chi connectivity index (χ1) is 15.3. The average molecular weight is 483 g/mol. The predicted molar refractivity (Wildman–Crippen MR) is 115 cm³/mol. The van der Waals surface area contributed by atoms with Gasteiger partial charge in [0.15, 0.2) is 0 Å². The van der Waals surface area contributed by atoms with Crippen molar-refractivity contribution in [3.8, 4) is 5.69 Å². The van der Waals surface area contributed by atoms with E-state index in [2.05, 4.69) is 15.5 Å². The van der Waals surface area contributed by atoms with Gasteiger partial charge in [-0.25, -0.2) is 0 Å². The van der Waals surface area contributed by atoms with Crippen LogP contribution in [-0.4, -0.2) is 62.9 Å². The van der Waals surface area contributed by atoms with Crippen molar-refractivity contribution >= 4 is 35.0 Å². The van der Waals surface area contributed by atoms with Gasteiger partial charge in [-0.3, -0.25) is 4.79 Å².